The second-order valence-electron chi connectivity index (χ2n) is 6.58. The molecule has 0 saturated heterocycles. The number of rotatable bonds is 5. The summed E-state index contributed by atoms with van der Waals surface area (Å²) in [7, 11) is 0. The molecule has 0 aliphatic heterocycles. The lowest BCUT2D eigenvalue weighted by molar-refractivity contribution is -0.142. The highest BCUT2D eigenvalue weighted by molar-refractivity contribution is 5.95. The molecule has 0 aromatic carbocycles. The second kappa shape index (κ2) is 6.94. The third-order valence-electron chi connectivity index (χ3n) is 4.30. The molecule has 6 heteroatoms. The van der Waals surface area contributed by atoms with Crippen LogP contribution >= 0.6 is 0 Å². The van der Waals surface area contributed by atoms with Crippen LogP contribution in [0.2, 0.25) is 0 Å². The Kier molecular flexibility index (Phi) is 5.21. The highest BCUT2D eigenvalue weighted by Crippen LogP contribution is 2.24. The lowest BCUT2D eigenvalue weighted by Crippen LogP contribution is -2.38. The van der Waals surface area contributed by atoms with Crippen molar-refractivity contribution in [1.82, 2.24) is 15.1 Å². The number of carboxylic acid groups (broad SMARTS) is 1. The molecule has 122 valence electrons. The number of carbonyl (C=O) groups is 2. The minimum atomic E-state index is -0.726. The maximum atomic E-state index is 12.4. The van der Waals surface area contributed by atoms with E-state index in [0.29, 0.717) is 24.3 Å². The van der Waals surface area contributed by atoms with Crippen molar-refractivity contribution in [3.8, 4) is 0 Å². The number of hydrogen-bond donors (Lipinski definition) is 2. The van der Waals surface area contributed by atoms with Gasteiger partial charge in [0.15, 0.2) is 0 Å². The van der Waals surface area contributed by atoms with Gasteiger partial charge in [0.05, 0.1) is 17.7 Å². The van der Waals surface area contributed by atoms with Crippen molar-refractivity contribution in [2.75, 3.05) is 0 Å². The van der Waals surface area contributed by atoms with E-state index in [1.54, 1.807) is 6.20 Å². The Hall–Kier alpha value is -1.85. The Morgan fingerprint density at radius 3 is 2.55 bits per heavy atom. The fraction of sp³-hybridized carbons (Fsp3) is 0.688. The van der Waals surface area contributed by atoms with Crippen LogP contribution in [0.15, 0.2) is 6.20 Å². The summed E-state index contributed by atoms with van der Waals surface area (Å²) in [6.07, 6.45) is 4.33. The Balaban J connectivity index is 1.93. The molecule has 1 fully saturated rings. The second-order valence-corrected chi connectivity index (χ2v) is 6.58. The number of aliphatic carboxylic acids is 1. The highest BCUT2D eigenvalue weighted by atomic mass is 16.4. The largest absolute Gasteiger partial charge is 0.481 e. The van der Waals surface area contributed by atoms with Gasteiger partial charge < -0.3 is 10.4 Å². The number of nitrogens with one attached hydrogen (secondary N) is 1. The first kappa shape index (κ1) is 16.5. The van der Waals surface area contributed by atoms with Crippen LogP contribution in [0.1, 0.15) is 55.6 Å². The minimum Gasteiger partial charge on any atom is -0.481 e. The van der Waals surface area contributed by atoms with Crippen molar-refractivity contribution in [3.63, 3.8) is 0 Å². The Morgan fingerprint density at radius 2 is 2.00 bits per heavy atom. The van der Waals surface area contributed by atoms with Crippen LogP contribution < -0.4 is 5.32 Å². The fourth-order valence-electron chi connectivity index (χ4n) is 2.95. The zero-order valence-electron chi connectivity index (χ0n) is 13.5. The van der Waals surface area contributed by atoms with Gasteiger partial charge in [-0.2, -0.15) is 5.10 Å². The molecule has 1 aliphatic rings. The summed E-state index contributed by atoms with van der Waals surface area (Å²) >= 11 is 0. The van der Waals surface area contributed by atoms with Crippen molar-refractivity contribution in [2.24, 2.45) is 11.8 Å². The first-order chi connectivity index (χ1) is 10.4. The summed E-state index contributed by atoms with van der Waals surface area (Å²) in [5.41, 5.74) is 1.49. The maximum Gasteiger partial charge on any atom is 0.306 e. The fourth-order valence-corrected chi connectivity index (χ4v) is 2.95. The summed E-state index contributed by atoms with van der Waals surface area (Å²) in [4.78, 5) is 23.3. The predicted molar refractivity (Wildman–Crippen MR) is 82.7 cm³/mol. The van der Waals surface area contributed by atoms with E-state index < -0.39 is 5.97 Å². The van der Waals surface area contributed by atoms with Crippen LogP contribution in [0.3, 0.4) is 0 Å². The van der Waals surface area contributed by atoms with E-state index in [4.69, 9.17) is 5.11 Å². The Morgan fingerprint density at radius 1 is 1.36 bits per heavy atom. The van der Waals surface area contributed by atoms with Gasteiger partial charge in [-0.25, -0.2) is 0 Å². The van der Waals surface area contributed by atoms with Gasteiger partial charge >= 0.3 is 5.97 Å². The SMILES string of the molecule is Cc1c(C(=O)NC2CCC(C(=O)O)CC2)cnn1CC(C)C. The topological polar surface area (TPSA) is 84.2 Å². The first-order valence-electron chi connectivity index (χ1n) is 7.94. The van der Waals surface area contributed by atoms with Gasteiger partial charge in [-0.15, -0.1) is 0 Å². The van der Waals surface area contributed by atoms with E-state index in [0.717, 1.165) is 25.1 Å². The molecule has 2 N–H and O–H groups in total. The van der Waals surface area contributed by atoms with Gasteiger partial charge in [-0.1, -0.05) is 13.8 Å². The van der Waals surface area contributed by atoms with Gasteiger partial charge in [0.25, 0.3) is 5.91 Å². The normalized spacial score (nSPS) is 21.8. The monoisotopic (exact) mass is 307 g/mol. The molecular weight excluding hydrogens is 282 g/mol. The van der Waals surface area contributed by atoms with Crippen LogP contribution in [0.25, 0.3) is 0 Å². The number of carbonyl (C=O) groups excluding carboxylic acids is 1. The summed E-state index contributed by atoms with van der Waals surface area (Å²) < 4.78 is 1.86. The van der Waals surface area contributed by atoms with E-state index >= 15 is 0 Å². The average Bonchev–Trinajstić information content (AvgIpc) is 2.80. The molecule has 1 saturated carbocycles. The van der Waals surface area contributed by atoms with Crippen LogP contribution in [-0.2, 0) is 11.3 Å². The van der Waals surface area contributed by atoms with E-state index in [9.17, 15) is 9.59 Å². The minimum absolute atomic E-state index is 0.0657. The van der Waals surface area contributed by atoms with Gasteiger partial charge in [0.2, 0.25) is 0 Å². The molecule has 1 aromatic rings. The molecule has 0 unspecified atom stereocenters. The number of nitrogens with zero attached hydrogens (tertiary/aromatic N) is 2. The van der Waals surface area contributed by atoms with E-state index in [1.165, 1.54) is 0 Å². The average molecular weight is 307 g/mol. The molecule has 0 atom stereocenters. The molecular formula is C16H25N3O3. The summed E-state index contributed by atoms with van der Waals surface area (Å²) in [5, 5.41) is 16.3. The summed E-state index contributed by atoms with van der Waals surface area (Å²) in [6, 6.07) is 0.0657. The number of carboxylic acids is 1. The first-order valence-corrected chi connectivity index (χ1v) is 7.94. The lowest BCUT2D eigenvalue weighted by atomic mass is 9.86. The zero-order chi connectivity index (χ0) is 16.3. The van der Waals surface area contributed by atoms with Crippen LogP contribution in [0, 0.1) is 18.8 Å². The Labute approximate surface area is 130 Å². The van der Waals surface area contributed by atoms with Gasteiger partial charge in [0, 0.05) is 18.3 Å². The van der Waals surface area contributed by atoms with Crippen LogP contribution in [0.5, 0.6) is 0 Å². The van der Waals surface area contributed by atoms with E-state index in [-0.39, 0.29) is 17.9 Å². The summed E-state index contributed by atoms with van der Waals surface area (Å²) in [5.74, 6) is -0.619. The van der Waals surface area contributed by atoms with Crippen LogP contribution in [-0.4, -0.2) is 32.8 Å². The quantitative estimate of drug-likeness (QED) is 0.873. The number of hydrogen-bond acceptors (Lipinski definition) is 3. The zero-order valence-corrected chi connectivity index (χ0v) is 13.5. The van der Waals surface area contributed by atoms with Gasteiger partial charge in [0.1, 0.15) is 0 Å². The van der Waals surface area contributed by atoms with Crippen molar-refractivity contribution in [1.29, 1.82) is 0 Å². The predicted octanol–water partition coefficient (Wildman–Crippen LogP) is 2.22. The van der Waals surface area contributed by atoms with Gasteiger partial charge in [-0.3, -0.25) is 14.3 Å². The van der Waals surface area contributed by atoms with Crippen LogP contribution in [0.4, 0.5) is 0 Å². The molecule has 1 heterocycles. The molecule has 1 aliphatic carbocycles. The van der Waals surface area contributed by atoms with Crippen molar-refractivity contribution in [2.45, 2.75) is 59.0 Å². The Bertz CT molecular complexity index is 543. The molecule has 0 bridgehead atoms. The third kappa shape index (κ3) is 3.87. The van der Waals surface area contributed by atoms with E-state index in [2.05, 4.69) is 24.3 Å². The van der Waals surface area contributed by atoms with Gasteiger partial charge in [-0.05, 0) is 38.5 Å². The van der Waals surface area contributed by atoms with Crippen molar-refractivity contribution in [3.05, 3.63) is 17.5 Å². The molecule has 6 nitrogen and oxygen atoms in total. The number of aromatic nitrogens is 2. The maximum absolute atomic E-state index is 12.4. The molecule has 0 spiro atoms. The van der Waals surface area contributed by atoms with Crippen molar-refractivity contribution < 1.29 is 14.7 Å². The standard InChI is InChI=1S/C16H25N3O3/c1-10(2)9-19-11(3)14(8-17-19)15(20)18-13-6-4-12(5-7-13)16(21)22/h8,10,12-13H,4-7,9H2,1-3H3,(H,18,20)(H,21,22). The van der Waals surface area contributed by atoms with E-state index in [1.807, 2.05) is 11.6 Å². The third-order valence-corrected chi connectivity index (χ3v) is 4.30. The molecule has 1 aromatic heterocycles. The summed E-state index contributed by atoms with van der Waals surface area (Å²) in [6.45, 7) is 6.93. The number of amides is 1. The smallest absolute Gasteiger partial charge is 0.306 e. The molecule has 0 radical (unpaired) electrons. The highest BCUT2D eigenvalue weighted by Gasteiger charge is 2.27. The lowest BCUT2D eigenvalue weighted by Gasteiger charge is -2.26. The molecule has 22 heavy (non-hydrogen) atoms. The molecule has 1 amide bonds. The van der Waals surface area contributed by atoms with Crippen molar-refractivity contribution >= 4 is 11.9 Å². The molecule has 2 rings (SSSR count).